The van der Waals surface area contributed by atoms with Crippen molar-refractivity contribution in [1.29, 1.82) is 0 Å². The topological polar surface area (TPSA) is 146 Å². The molecule has 11 nitrogen and oxygen atoms in total. The molecule has 0 aromatic carbocycles. The maximum atomic E-state index is 12.0. The molecule has 0 aliphatic heterocycles. The minimum Gasteiger partial charge on any atom is -0.541 e. The Morgan fingerprint density at radius 2 is 1.82 bits per heavy atom. The summed E-state index contributed by atoms with van der Waals surface area (Å²) in [6.45, 7) is 14.7. The molecule has 0 saturated heterocycles. The van der Waals surface area contributed by atoms with Crippen LogP contribution in [0.4, 0.5) is 9.93 Å². The molecule has 1 amide bonds. The number of thiazole rings is 1. The van der Waals surface area contributed by atoms with Gasteiger partial charge in [0.2, 0.25) is 11.8 Å². The molecular weight excluding hydrogens is 505 g/mol. The van der Waals surface area contributed by atoms with Gasteiger partial charge in [0.1, 0.15) is 15.6 Å². The summed E-state index contributed by atoms with van der Waals surface area (Å²) in [5.74, 6) is -2.55. The number of carboxylic acid groups (broad SMARTS) is 1. The van der Waals surface area contributed by atoms with Crippen LogP contribution in [0, 0.1) is 0 Å². The number of nitrogens with one attached hydrogen (secondary N) is 1. The summed E-state index contributed by atoms with van der Waals surface area (Å²) in [7, 11) is 2.69. The van der Waals surface area contributed by atoms with Gasteiger partial charge in [-0.1, -0.05) is 48.9 Å². The first-order chi connectivity index (χ1) is 15.4. The zero-order chi connectivity index (χ0) is 26.5. The number of rotatable bonds is 9. The summed E-state index contributed by atoms with van der Waals surface area (Å²) in [6, 6.07) is 0. The number of ether oxygens (including phenoxy) is 1. The first kappa shape index (κ1) is 29.9. The van der Waals surface area contributed by atoms with E-state index in [-0.39, 0.29) is 26.8 Å². The second-order valence-electron chi connectivity index (χ2n) is 9.62. The Morgan fingerprint density at radius 3 is 2.29 bits per heavy atom. The zero-order valence-corrected chi connectivity index (χ0v) is 22.9. The molecule has 1 atom stereocenters. The molecule has 0 saturated carbocycles. The molecule has 0 aliphatic rings. The third-order valence-corrected chi connectivity index (χ3v) is 10.3. The second-order valence-corrected chi connectivity index (χ2v) is 16.0. The Kier molecular flexibility index (Phi) is 10.1. The third-order valence-electron chi connectivity index (χ3n) is 4.67. The summed E-state index contributed by atoms with van der Waals surface area (Å²) in [5, 5.41) is 15.3. The van der Waals surface area contributed by atoms with E-state index < -0.39 is 43.8 Å². The number of carboxylic acids is 1. The average molecular weight is 534 g/mol. The lowest BCUT2D eigenvalue weighted by atomic mass is 10.2. The van der Waals surface area contributed by atoms with E-state index >= 15 is 0 Å². The van der Waals surface area contributed by atoms with Crippen LogP contribution in [0.5, 0.6) is 0 Å². The van der Waals surface area contributed by atoms with Gasteiger partial charge in [0.25, 0.3) is 0 Å². The molecule has 0 aliphatic carbocycles. The summed E-state index contributed by atoms with van der Waals surface area (Å²) in [6.07, 6.45) is -2.24. The molecule has 1 rings (SSSR count). The van der Waals surface area contributed by atoms with Crippen LogP contribution in [0.1, 0.15) is 47.2 Å². The standard InChI is InChI=1S/C19H29BClN3O8SSi/c1-18(2,3)30-17(28)23-16-22-11(13(21)33-16)12(14(25)26)24-32-10(15(27)31-20)9-29-34(7,8)19(4,5)6/h10H,9H2,1-8H3,(H,25,26)(H,22,23,28)/b24-12-/t10-/m1/s1. The maximum Gasteiger partial charge on any atom is 0.413 e. The predicted molar refractivity (Wildman–Crippen MR) is 131 cm³/mol. The van der Waals surface area contributed by atoms with Crippen LogP contribution in [0.3, 0.4) is 0 Å². The fourth-order valence-electron chi connectivity index (χ4n) is 1.91. The van der Waals surface area contributed by atoms with Crippen LogP contribution < -0.4 is 5.32 Å². The number of aliphatic carboxylic acids is 1. The molecule has 188 valence electrons. The molecule has 34 heavy (non-hydrogen) atoms. The normalized spacial score (nSPS) is 13.7. The zero-order valence-electron chi connectivity index (χ0n) is 20.3. The summed E-state index contributed by atoms with van der Waals surface area (Å²) in [5.41, 5.74) is -1.75. The highest BCUT2D eigenvalue weighted by atomic mass is 35.5. The minimum absolute atomic E-state index is 0.0256. The van der Waals surface area contributed by atoms with Crippen LogP contribution in [-0.2, 0) is 28.2 Å². The van der Waals surface area contributed by atoms with Crippen molar-refractivity contribution in [2.45, 2.75) is 71.4 Å². The van der Waals surface area contributed by atoms with Crippen molar-refractivity contribution in [3.63, 3.8) is 0 Å². The highest BCUT2D eigenvalue weighted by Gasteiger charge is 2.39. The summed E-state index contributed by atoms with van der Waals surface area (Å²) < 4.78 is 15.2. The maximum absolute atomic E-state index is 12.0. The first-order valence-electron chi connectivity index (χ1n) is 10.1. The van der Waals surface area contributed by atoms with Gasteiger partial charge >= 0.3 is 26.1 Å². The molecule has 2 radical (unpaired) electrons. The Labute approximate surface area is 209 Å². The average Bonchev–Trinajstić information content (AvgIpc) is 3.00. The smallest absolute Gasteiger partial charge is 0.413 e. The van der Waals surface area contributed by atoms with Crippen molar-refractivity contribution < 1.29 is 38.1 Å². The van der Waals surface area contributed by atoms with E-state index in [1.165, 1.54) is 0 Å². The van der Waals surface area contributed by atoms with Gasteiger partial charge in [-0.2, -0.15) is 0 Å². The summed E-state index contributed by atoms with van der Waals surface area (Å²) >= 11 is 6.90. The van der Waals surface area contributed by atoms with Gasteiger partial charge in [0, 0.05) is 0 Å². The number of oxime groups is 1. The van der Waals surface area contributed by atoms with Crippen molar-refractivity contribution in [2.75, 3.05) is 11.9 Å². The number of carbonyl (C=O) groups excluding carboxylic acids is 2. The van der Waals surface area contributed by atoms with Gasteiger partial charge in [-0.15, -0.1) is 0 Å². The minimum atomic E-state index is -2.28. The molecule has 1 aromatic heterocycles. The van der Waals surface area contributed by atoms with Crippen molar-refractivity contribution in [3.05, 3.63) is 10.0 Å². The van der Waals surface area contributed by atoms with Gasteiger partial charge in [-0.05, 0) is 38.9 Å². The highest BCUT2D eigenvalue weighted by Crippen LogP contribution is 2.36. The van der Waals surface area contributed by atoms with Crippen molar-refractivity contribution in [3.8, 4) is 0 Å². The molecule has 0 unspecified atom stereocenters. The van der Waals surface area contributed by atoms with Gasteiger partial charge in [0.05, 0.1) is 6.61 Å². The SMILES string of the molecule is [B]OC(=O)[C@@H](CO[Si](C)(C)C(C)(C)C)O/N=C(\C(=O)O)c1nc(NC(=O)OC(C)(C)C)sc1Cl. The lowest BCUT2D eigenvalue weighted by Gasteiger charge is -2.36. The van der Waals surface area contributed by atoms with Gasteiger partial charge in [-0.3, -0.25) is 5.32 Å². The fraction of sp³-hybridized carbons (Fsp3) is 0.632. The molecular formula is C19H29BClN3O8SSi. The van der Waals surface area contributed by atoms with Crippen molar-refractivity contribution in [1.82, 2.24) is 4.98 Å². The largest absolute Gasteiger partial charge is 0.541 e. The fourth-order valence-corrected chi connectivity index (χ4v) is 3.94. The number of anilines is 1. The van der Waals surface area contributed by atoms with Crippen molar-refractivity contribution >= 4 is 68.2 Å². The van der Waals surface area contributed by atoms with Gasteiger partial charge in [0.15, 0.2) is 13.4 Å². The number of amides is 1. The number of halogens is 1. The molecule has 0 bridgehead atoms. The predicted octanol–water partition coefficient (Wildman–Crippen LogP) is 3.97. The Hall–Kier alpha value is -2.16. The van der Waals surface area contributed by atoms with E-state index in [0.29, 0.717) is 0 Å². The quantitative estimate of drug-likeness (QED) is 0.273. The molecule has 1 heterocycles. The molecule has 15 heteroatoms. The van der Waals surface area contributed by atoms with E-state index in [0.717, 1.165) is 11.3 Å². The van der Waals surface area contributed by atoms with Crippen molar-refractivity contribution in [2.24, 2.45) is 5.16 Å². The lowest BCUT2D eigenvalue weighted by Crippen LogP contribution is -2.44. The van der Waals surface area contributed by atoms with Gasteiger partial charge < -0.3 is 23.8 Å². The number of aromatic nitrogens is 1. The number of nitrogens with zero attached hydrogens (tertiary/aromatic N) is 2. The van der Waals surface area contributed by atoms with E-state index in [4.69, 9.17) is 33.7 Å². The molecule has 0 spiro atoms. The number of hydrogen-bond donors (Lipinski definition) is 2. The second kappa shape index (κ2) is 11.5. The molecule has 0 fully saturated rings. The van der Waals surface area contributed by atoms with Crippen LogP contribution >= 0.6 is 22.9 Å². The van der Waals surface area contributed by atoms with E-state index in [1.54, 1.807) is 20.8 Å². The Balaban J connectivity index is 3.12. The number of hydrogen-bond acceptors (Lipinski definition) is 10. The Morgan fingerprint density at radius 1 is 1.24 bits per heavy atom. The monoisotopic (exact) mass is 533 g/mol. The van der Waals surface area contributed by atoms with Crippen LogP contribution in [-0.4, -0.2) is 68.5 Å². The van der Waals surface area contributed by atoms with Crippen LogP contribution in [0.25, 0.3) is 0 Å². The van der Waals surface area contributed by atoms with E-state index in [9.17, 15) is 19.5 Å². The Bertz CT molecular complexity index is 943. The number of carbonyl (C=O) groups is 3. The molecule has 2 N–H and O–H groups in total. The van der Waals surface area contributed by atoms with Crippen LogP contribution in [0.2, 0.25) is 22.5 Å². The van der Waals surface area contributed by atoms with E-state index in [1.807, 2.05) is 33.9 Å². The molecule has 1 aromatic rings. The summed E-state index contributed by atoms with van der Waals surface area (Å²) in [4.78, 5) is 44.9. The highest BCUT2D eigenvalue weighted by molar-refractivity contribution is 7.20. The lowest BCUT2D eigenvalue weighted by molar-refractivity contribution is -0.149. The van der Waals surface area contributed by atoms with Crippen LogP contribution in [0.15, 0.2) is 5.16 Å². The third kappa shape index (κ3) is 8.89. The van der Waals surface area contributed by atoms with E-state index in [2.05, 4.69) is 20.1 Å². The first-order valence-corrected chi connectivity index (χ1v) is 14.2. The van der Waals surface area contributed by atoms with Gasteiger partial charge in [-0.25, -0.2) is 19.4 Å².